The first-order chi connectivity index (χ1) is 18.0. The fourth-order valence-electron chi connectivity index (χ4n) is 4.13. The number of hydrogen-bond acceptors (Lipinski definition) is 4. The Balaban J connectivity index is 1.47. The molecule has 1 aliphatic heterocycles. The first kappa shape index (κ1) is 27.2. The maximum absolute atomic E-state index is 14.9. The van der Waals surface area contributed by atoms with Crippen LogP contribution in [0.3, 0.4) is 0 Å². The molecule has 38 heavy (non-hydrogen) atoms. The van der Waals surface area contributed by atoms with Crippen molar-refractivity contribution < 1.29 is 22.8 Å². The number of aromatic nitrogens is 3. The van der Waals surface area contributed by atoms with Gasteiger partial charge in [0, 0.05) is 35.7 Å². The van der Waals surface area contributed by atoms with E-state index in [9.17, 15) is 22.8 Å². The van der Waals surface area contributed by atoms with Gasteiger partial charge in [-0.1, -0.05) is 55.5 Å². The Labute approximate surface area is 223 Å². The van der Waals surface area contributed by atoms with E-state index in [4.69, 9.17) is 11.6 Å². The van der Waals surface area contributed by atoms with Crippen LogP contribution in [0.5, 0.6) is 0 Å². The third-order valence-electron chi connectivity index (χ3n) is 6.15. The van der Waals surface area contributed by atoms with Gasteiger partial charge >= 0.3 is 0 Å². The zero-order valence-electron chi connectivity index (χ0n) is 20.7. The molecule has 2 aromatic heterocycles. The molecule has 0 radical (unpaired) electrons. The van der Waals surface area contributed by atoms with Crippen LogP contribution in [0.25, 0.3) is 0 Å². The lowest BCUT2D eigenvalue weighted by atomic mass is 9.92. The minimum Gasteiger partial charge on any atom is -0.336 e. The maximum atomic E-state index is 14.9. The molecule has 4 rings (SSSR count). The van der Waals surface area contributed by atoms with E-state index < -0.39 is 30.1 Å². The normalized spacial score (nSPS) is 16.6. The van der Waals surface area contributed by atoms with Crippen molar-refractivity contribution in [3.63, 3.8) is 0 Å². The van der Waals surface area contributed by atoms with Gasteiger partial charge in [-0.3, -0.25) is 14.3 Å². The van der Waals surface area contributed by atoms with Crippen molar-refractivity contribution in [2.45, 2.75) is 32.7 Å². The van der Waals surface area contributed by atoms with Gasteiger partial charge in [-0.05, 0) is 24.6 Å². The second kappa shape index (κ2) is 11.3. The number of rotatable bonds is 5. The van der Waals surface area contributed by atoms with Crippen LogP contribution in [-0.4, -0.2) is 50.5 Å². The number of likely N-dealkylation sites (tertiary alicyclic amines) is 1. The highest BCUT2D eigenvalue weighted by molar-refractivity contribution is 6.34. The van der Waals surface area contributed by atoms with E-state index in [1.165, 1.54) is 6.20 Å². The Kier molecular flexibility index (Phi) is 8.07. The molecule has 0 bridgehead atoms. The van der Waals surface area contributed by atoms with Gasteiger partial charge in [0.25, 0.3) is 11.8 Å². The van der Waals surface area contributed by atoms with Gasteiger partial charge in [-0.25, -0.2) is 18.2 Å². The van der Waals surface area contributed by atoms with Crippen LogP contribution in [0.2, 0.25) is 5.02 Å². The Hall–Kier alpha value is -3.84. The molecular weight excluding hydrogens is 519 g/mol. The smallest absolute Gasteiger partial charge is 0.276 e. The number of anilines is 1. The summed E-state index contributed by atoms with van der Waals surface area (Å²) in [6.07, 6.45) is 2.49. The molecular formula is C27H25ClF3N5O2. The molecule has 1 atom stereocenters. The Morgan fingerprint density at radius 2 is 1.89 bits per heavy atom. The number of carbonyl (C=O) groups excluding carboxylic acids is 2. The summed E-state index contributed by atoms with van der Waals surface area (Å²) in [5.74, 6) is -1.45. The van der Waals surface area contributed by atoms with E-state index >= 15 is 0 Å². The minimum atomic E-state index is -3.20. The molecule has 7 nitrogen and oxygen atoms in total. The van der Waals surface area contributed by atoms with Gasteiger partial charge in [-0.15, -0.1) is 0 Å². The van der Waals surface area contributed by atoms with Crippen molar-refractivity contribution in [2.75, 3.05) is 18.4 Å². The maximum Gasteiger partial charge on any atom is 0.276 e. The number of nitrogens with one attached hydrogen (secondary N) is 1. The van der Waals surface area contributed by atoms with Crippen LogP contribution in [0.4, 0.5) is 19.0 Å². The largest absolute Gasteiger partial charge is 0.336 e. The zero-order valence-corrected chi connectivity index (χ0v) is 21.5. The molecule has 3 aromatic rings. The van der Waals surface area contributed by atoms with Crippen LogP contribution >= 0.6 is 11.6 Å². The number of hydrogen-bond donors (Lipinski definition) is 1. The van der Waals surface area contributed by atoms with Gasteiger partial charge in [0.15, 0.2) is 11.6 Å². The molecule has 1 fully saturated rings. The van der Waals surface area contributed by atoms with Gasteiger partial charge in [-0.2, -0.15) is 5.10 Å². The van der Waals surface area contributed by atoms with E-state index in [2.05, 4.69) is 27.2 Å². The van der Waals surface area contributed by atoms with E-state index in [0.717, 1.165) is 27.4 Å². The Morgan fingerprint density at radius 1 is 1.18 bits per heavy atom. The van der Waals surface area contributed by atoms with Gasteiger partial charge in [0.05, 0.1) is 24.3 Å². The highest BCUT2D eigenvalue weighted by atomic mass is 35.5. The van der Waals surface area contributed by atoms with Crippen LogP contribution in [0, 0.1) is 29.5 Å². The molecule has 0 aliphatic carbocycles. The van der Waals surface area contributed by atoms with Gasteiger partial charge in [0.2, 0.25) is 5.91 Å². The molecule has 2 amide bonds. The number of halogens is 4. The Morgan fingerprint density at radius 3 is 2.55 bits per heavy atom. The standard InChI is InChI=1S/C27H25ClF3N5O2/c1-17(2)26(38)35-11-10-20(27(30,31)16-35)15-36-23(21(28)14-33-36)25(37)34-24-22(29)12-19(13-32-24)9-8-18-6-4-3-5-7-18/h3-7,12-14,17,20H,10-11,15-16H2,1-2H3,(H,32,34,37). The lowest BCUT2D eigenvalue weighted by Crippen LogP contribution is -2.52. The number of amides is 2. The molecule has 3 heterocycles. The molecule has 1 unspecified atom stereocenters. The lowest BCUT2D eigenvalue weighted by Gasteiger charge is -2.39. The highest BCUT2D eigenvalue weighted by Gasteiger charge is 2.46. The summed E-state index contributed by atoms with van der Waals surface area (Å²) in [7, 11) is 0. The van der Waals surface area contributed by atoms with E-state index in [-0.39, 0.29) is 47.9 Å². The van der Waals surface area contributed by atoms with E-state index in [1.54, 1.807) is 13.8 Å². The van der Waals surface area contributed by atoms with Crippen molar-refractivity contribution in [3.8, 4) is 11.8 Å². The van der Waals surface area contributed by atoms with Crippen molar-refractivity contribution >= 4 is 29.2 Å². The third kappa shape index (κ3) is 6.17. The number of alkyl halides is 2. The van der Waals surface area contributed by atoms with E-state index in [0.29, 0.717) is 5.56 Å². The predicted octanol–water partition coefficient (Wildman–Crippen LogP) is 4.86. The first-order valence-corrected chi connectivity index (χ1v) is 12.3. The molecule has 198 valence electrons. The number of benzene rings is 1. The second-order valence-corrected chi connectivity index (χ2v) is 9.72. The number of nitrogens with zero attached hydrogens (tertiary/aromatic N) is 4. The summed E-state index contributed by atoms with van der Waals surface area (Å²) in [5.41, 5.74) is 0.852. The highest BCUT2D eigenvalue weighted by Crippen LogP contribution is 2.35. The fourth-order valence-corrected chi connectivity index (χ4v) is 4.36. The summed E-state index contributed by atoms with van der Waals surface area (Å²) < 4.78 is 45.6. The third-order valence-corrected chi connectivity index (χ3v) is 6.43. The molecule has 0 saturated carbocycles. The molecule has 1 N–H and O–H groups in total. The summed E-state index contributed by atoms with van der Waals surface area (Å²) in [6, 6.07) is 10.3. The quantitative estimate of drug-likeness (QED) is 0.466. The van der Waals surface area contributed by atoms with Crippen LogP contribution in [0.15, 0.2) is 48.8 Å². The number of carbonyl (C=O) groups is 2. The summed E-state index contributed by atoms with van der Waals surface area (Å²) in [6.45, 7) is 2.47. The molecule has 0 spiro atoms. The SMILES string of the molecule is CC(C)C(=O)N1CCC(Cn2ncc(Cl)c2C(=O)Nc2ncc(C#Cc3ccccc3)cc2F)C(F)(F)C1. The second-order valence-electron chi connectivity index (χ2n) is 9.31. The number of pyridine rings is 1. The average molecular weight is 544 g/mol. The summed E-state index contributed by atoms with van der Waals surface area (Å²) in [4.78, 5) is 30.2. The minimum absolute atomic E-state index is 0.0195. The topological polar surface area (TPSA) is 80.1 Å². The average Bonchev–Trinajstić information content (AvgIpc) is 3.25. The molecule has 1 aliphatic rings. The molecule has 1 saturated heterocycles. The van der Waals surface area contributed by atoms with Crippen LogP contribution in [-0.2, 0) is 11.3 Å². The first-order valence-electron chi connectivity index (χ1n) is 12.0. The molecule has 1 aromatic carbocycles. The van der Waals surface area contributed by atoms with Crippen molar-refractivity contribution in [1.82, 2.24) is 19.7 Å². The molecule has 11 heteroatoms. The van der Waals surface area contributed by atoms with Crippen LogP contribution in [0.1, 0.15) is 41.9 Å². The number of piperidine rings is 1. The fraction of sp³-hybridized carbons (Fsp3) is 0.333. The van der Waals surface area contributed by atoms with Crippen molar-refractivity contribution in [3.05, 3.63) is 76.5 Å². The Bertz CT molecular complexity index is 1400. The van der Waals surface area contributed by atoms with Crippen molar-refractivity contribution in [2.24, 2.45) is 11.8 Å². The zero-order chi connectivity index (χ0) is 27.4. The van der Waals surface area contributed by atoms with Gasteiger partial charge < -0.3 is 10.2 Å². The lowest BCUT2D eigenvalue weighted by molar-refractivity contribution is -0.154. The summed E-state index contributed by atoms with van der Waals surface area (Å²) in [5, 5.41) is 6.24. The predicted molar refractivity (Wildman–Crippen MR) is 136 cm³/mol. The summed E-state index contributed by atoms with van der Waals surface area (Å²) >= 11 is 6.14. The van der Waals surface area contributed by atoms with Crippen molar-refractivity contribution in [1.29, 1.82) is 0 Å². The van der Waals surface area contributed by atoms with Gasteiger partial charge in [0.1, 0.15) is 5.69 Å². The monoisotopic (exact) mass is 543 g/mol. The van der Waals surface area contributed by atoms with Crippen LogP contribution < -0.4 is 5.32 Å². The van der Waals surface area contributed by atoms with E-state index in [1.807, 2.05) is 30.3 Å².